The molecule has 8 heteroatoms. The maximum atomic E-state index is 12.6. The molecule has 6 nitrogen and oxygen atoms in total. The highest BCUT2D eigenvalue weighted by Crippen LogP contribution is 2.14. The summed E-state index contributed by atoms with van der Waals surface area (Å²) in [6.45, 7) is 2.24. The highest BCUT2D eigenvalue weighted by atomic mass is 35.5. The maximum absolute atomic E-state index is 12.6. The summed E-state index contributed by atoms with van der Waals surface area (Å²) in [5.74, 6) is -0.421. The zero-order valence-electron chi connectivity index (χ0n) is 15.6. The third-order valence-electron chi connectivity index (χ3n) is 4.20. The topological polar surface area (TPSA) is 70.7 Å². The summed E-state index contributed by atoms with van der Waals surface area (Å²) < 4.78 is 5.28. The fraction of sp³-hybridized carbons (Fsp3) is 0.190. The van der Waals surface area contributed by atoms with Gasteiger partial charge in [0.1, 0.15) is 0 Å². The highest BCUT2D eigenvalue weighted by molar-refractivity contribution is 7.80. The summed E-state index contributed by atoms with van der Waals surface area (Å²) in [5.41, 5.74) is 2.02. The lowest BCUT2D eigenvalue weighted by Gasteiger charge is -2.27. The summed E-state index contributed by atoms with van der Waals surface area (Å²) in [4.78, 5) is 26.4. The predicted octanol–water partition coefficient (Wildman–Crippen LogP) is 3.34. The molecule has 0 saturated carbocycles. The molecule has 0 atom stereocenters. The third-order valence-corrected chi connectivity index (χ3v) is 4.66. The standard InChI is InChI=1S/C21H20ClN3O3S/c22-17-7-4-15(5-8-17)6-9-19(26)24-21(29)23-18-3-1-2-16(14-18)20(27)25-10-12-28-13-11-25/h1-9,14H,10-13H2,(H2,23,24,26,29)/b9-6+. The van der Waals surface area contributed by atoms with E-state index in [0.717, 1.165) is 5.56 Å². The van der Waals surface area contributed by atoms with Crippen molar-refractivity contribution in [2.75, 3.05) is 31.6 Å². The average Bonchev–Trinajstić information content (AvgIpc) is 2.73. The van der Waals surface area contributed by atoms with Gasteiger partial charge in [-0.25, -0.2) is 0 Å². The van der Waals surface area contributed by atoms with Gasteiger partial charge in [0.2, 0.25) is 5.91 Å². The van der Waals surface area contributed by atoms with Crippen LogP contribution in [-0.2, 0) is 9.53 Å². The van der Waals surface area contributed by atoms with Crippen LogP contribution < -0.4 is 10.6 Å². The zero-order valence-corrected chi connectivity index (χ0v) is 17.1. The van der Waals surface area contributed by atoms with Crippen molar-refractivity contribution in [1.29, 1.82) is 0 Å². The van der Waals surface area contributed by atoms with Crippen molar-refractivity contribution in [2.24, 2.45) is 0 Å². The normalized spacial score (nSPS) is 13.9. The summed E-state index contributed by atoms with van der Waals surface area (Å²) in [6.07, 6.45) is 3.05. The molecular formula is C21H20ClN3O3S. The van der Waals surface area contributed by atoms with Crippen molar-refractivity contribution in [2.45, 2.75) is 0 Å². The van der Waals surface area contributed by atoms with Crippen molar-refractivity contribution in [3.8, 4) is 0 Å². The van der Waals surface area contributed by atoms with Crippen LogP contribution in [0.3, 0.4) is 0 Å². The first-order chi connectivity index (χ1) is 14.0. The molecule has 0 bridgehead atoms. The Kier molecular flexibility index (Phi) is 7.35. The molecule has 2 aromatic carbocycles. The fourth-order valence-corrected chi connectivity index (χ4v) is 3.09. The summed E-state index contributed by atoms with van der Waals surface area (Å²) in [5, 5.41) is 6.28. The second-order valence-corrected chi connectivity index (χ2v) is 7.16. The van der Waals surface area contributed by atoms with Crippen LogP contribution in [0.5, 0.6) is 0 Å². The minimum atomic E-state index is -0.363. The number of nitrogens with zero attached hydrogens (tertiary/aromatic N) is 1. The molecule has 150 valence electrons. The molecule has 1 fully saturated rings. The van der Waals surface area contributed by atoms with Crippen LogP contribution in [0.15, 0.2) is 54.6 Å². The summed E-state index contributed by atoms with van der Waals surface area (Å²) >= 11 is 11.0. The van der Waals surface area contributed by atoms with Crippen LogP contribution in [0.2, 0.25) is 5.02 Å². The molecule has 0 unspecified atom stereocenters. The fourth-order valence-electron chi connectivity index (χ4n) is 2.74. The van der Waals surface area contributed by atoms with Crippen molar-refractivity contribution >= 4 is 52.5 Å². The average molecular weight is 430 g/mol. The smallest absolute Gasteiger partial charge is 0.254 e. The molecule has 0 aromatic heterocycles. The molecule has 2 aromatic rings. The van der Waals surface area contributed by atoms with Gasteiger partial charge in [-0.3, -0.25) is 14.9 Å². The van der Waals surface area contributed by atoms with Crippen LogP contribution >= 0.6 is 23.8 Å². The molecule has 2 N–H and O–H groups in total. The van der Waals surface area contributed by atoms with E-state index in [-0.39, 0.29) is 16.9 Å². The lowest BCUT2D eigenvalue weighted by molar-refractivity contribution is -0.115. The monoisotopic (exact) mass is 429 g/mol. The number of carbonyl (C=O) groups is 2. The first kappa shape index (κ1) is 21.0. The van der Waals surface area contributed by atoms with Crippen molar-refractivity contribution in [3.63, 3.8) is 0 Å². The van der Waals surface area contributed by atoms with E-state index >= 15 is 0 Å². The van der Waals surface area contributed by atoms with Crippen LogP contribution in [0.1, 0.15) is 15.9 Å². The number of morpholine rings is 1. The molecule has 0 aliphatic carbocycles. The number of anilines is 1. The van der Waals surface area contributed by atoms with Gasteiger partial charge in [-0.05, 0) is 54.2 Å². The van der Waals surface area contributed by atoms with E-state index in [1.54, 1.807) is 59.5 Å². The Morgan fingerprint density at radius 1 is 1.10 bits per heavy atom. The molecule has 0 spiro atoms. The lowest BCUT2D eigenvalue weighted by Crippen LogP contribution is -2.40. The number of hydrogen-bond acceptors (Lipinski definition) is 4. The van der Waals surface area contributed by atoms with Crippen molar-refractivity contribution < 1.29 is 14.3 Å². The van der Waals surface area contributed by atoms with Gasteiger partial charge in [0.15, 0.2) is 5.11 Å². The Labute approximate surface area is 179 Å². The SMILES string of the molecule is O=C(/C=C/c1ccc(Cl)cc1)NC(=S)Nc1cccc(C(=O)N2CCOCC2)c1. The number of amides is 2. The van der Waals surface area contributed by atoms with Gasteiger partial charge >= 0.3 is 0 Å². The van der Waals surface area contributed by atoms with Crippen molar-refractivity contribution in [1.82, 2.24) is 10.2 Å². The van der Waals surface area contributed by atoms with Gasteiger partial charge in [-0.1, -0.05) is 29.8 Å². The molecule has 1 aliphatic heterocycles. The number of rotatable bonds is 4. The second kappa shape index (κ2) is 10.2. The Hall–Kier alpha value is -2.74. The van der Waals surface area contributed by atoms with E-state index in [1.165, 1.54) is 6.08 Å². The summed E-state index contributed by atoms with van der Waals surface area (Å²) in [7, 11) is 0. The number of ether oxygens (including phenoxy) is 1. The molecule has 3 rings (SSSR count). The first-order valence-electron chi connectivity index (χ1n) is 9.04. The molecule has 1 saturated heterocycles. The van der Waals surface area contributed by atoms with E-state index in [0.29, 0.717) is 42.6 Å². The lowest BCUT2D eigenvalue weighted by atomic mass is 10.1. The number of thiocarbonyl (C=S) groups is 1. The number of carbonyl (C=O) groups excluding carboxylic acids is 2. The van der Waals surface area contributed by atoms with E-state index in [9.17, 15) is 9.59 Å². The van der Waals surface area contributed by atoms with Gasteiger partial charge in [0, 0.05) is 35.4 Å². The Bertz CT molecular complexity index is 925. The minimum Gasteiger partial charge on any atom is -0.378 e. The summed E-state index contributed by atoms with van der Waals surface area (Å²) in [6, 6.07) is 14.1. The number of halogens is 1. The Morgan fingerprint density at radius 3 is 2.55 bits per heavy atom. The minimum absolute atomic E-state index is 0.0576. The van der Waals surface area contributed by atoms with E-state index in [2.05, 4.69) is 10.6 Å². The maximum Gasteiger partial charge on any atom is 0.254 e. The predicted molar refractivity (Wildman–Crippen MR) is 118 cm³/mol. The van der Waals surface area contributed by atoms with Crippen LogP contribution in [0, 0.1) is 0 Å². The van der Waals surface area contributed by atoms with E-state index < -0.39 is 0 Å². The Balaban J connectivity index is 1.55. The highest BCUT2D eigenvalue weighted by Gasteiger charge is 2.18. The van der Waals surface area contributed by atoms with E-state index in [1.807, 2.05) is 0 Å². The molecular weight excluding hydrogens is 410 g/mol. The van der Waals surface area contributed by atoms with Crippen LogP contribution in [0.25, 0.3) is 6.08 Å². The van der Waals surface area contributed by atoms with Gasteiger partial charge in [0.05, 0.1) is 13.2 Å². The molecule has 29 heavy (non-hydrogen) atoms. The Morgan fingerprint density at radius 2 is 1.83 bits per heavy atom. The molecule has 1 heterocycles. The largest absolute Gasteiger partial charge is 0.378 e. The van der Waals surface area contributed by atoms with Gasteiger partial charge < -0.3 is 15.0 Å². The third kappa shape index (κ3) is 6.39. The number of hydrogen-bond donors (Lipinski definition) is 2. The van der Waals surface area contributed by atoms with Gasteiger partial charge in [0.25, 0.3) is 5.91 Å². The number of benzene rings is 2. The van der Waals surface area contributed by atoms with Crippen LogP contribution in [0.4, 0.5) is 5.69 Å². The number of nitrogens with one attached hydrogen (secondary N) is 2. The molecule has 0 radical (unpaired) electrons. The van der Waals surface area contributed by atoms with Crippen molar-refractivity contribution in [3.05, 3.63) is 70.8 Å². The van der Waals surface area contributed by atoms with Gasteiger partial charge in [-0.15, -0.1) is 0 Å². The zero-order chi connectivity index (χ0) is 20.6. The first-order valence-corrected chi connectivity index (χ1v) is 9.82. The van der Waals surface area contributed by atoms with Gasteiger partial charge in [-0.2, -0.15) is 0 Å². The molecule has 1 aliphatic rings. The van der Waals surface area contributed by atoms with Crippen LogP contribution in [-0.4, -0.2) is 48.1 Å². The quantitative estimate of drug-likeness (QED) is 0.576. The molecule has 2 amide bonds. The van der Waals surface area contributed by atoms with E-state index in [4.69, 9.17) is 28.6 Å². The second-order valence-electron chi connectivity index (χ2n) is 6.31.